The van der Waals surface area contributed by atoms with E-state index in [0.717, 1.165) is 6.42 Å². The lowest BCUT2D eigenvalue weighted by molar-refractivity contribution is -0.310. The summed E-state index contributed by atoms with van der Waals surface area (Å²) in [5.74, 6) is 0. The number of para-hydroxylation sites is 2. The van der Waals surface area contributed by atoms with Gasteiger partial charge in [0.1, 0.15) is 0 Å². The molecule has 0 amide bonds. The number of H-pyrrole nitrogens is 1. The minimum absolute atomic E-state index is 0. The second-order valence-corrected chi connectivity index (χ2v) is 4.05. The first-order chi connectivity index (χ1) is 7.90. The highest BCUT2D eigenvalue weighted by molar-refractivity contribution is 5.93. The van der Waals surface area contributed by atoms with Crippen LogP contribution in [0.3, 0.4) is 0 Å². The third-order valence-corrected chi connectivity index (χ3v) is 3.13. The summed E-state index contributed by atoms with van der Waals surface area (Å²) < 4.78 is 0. The Balaban J connectivity index is 0.00000108. The van der Waals surface area contributed by atoms with E-state index in [2.05, 4.69) is 60.4 Å². The van der Waals surface area contributed by atoms with E-state index in [0.29, 0.717) is 0 Å². The summed E-state index contributed by atoms with van der Waals surface area (Å²) in [6.45, 7) is 2.22. The second-order valence-electron chi connectivity index (χ2n) is 4.05. The topological polar surface area (TPSA) is 14.1 Å². The van der Waals surface area contributed by atoms with Gasteiger partial charge < -0.3 is 24.0 Å². The van der Waals surface area contributed by atoms with Gasteiger partial charge in [-0.25, -0.2) is 4.98 Å². The second kappa shape index (κ2) is 5.00. The fourth-order valence-electron chi connectivity index (χ4n) is 2.38. The third kappa shape index (κ3) is 2.02. The molecule has 0 fully saturated rings. The van der Waals surface area contributed by atoms with E-state index >= 15 is 0 Å². The molecule has 86 valence electrons. The molecule has 0 atom stereocenters. The van der Waals surface area contributed by atoms with E-state index in [1.807, 2.05) is 0 Å². The highest BCUT2D eigenvalue weighted by atomic mass is 127. The van der Waals surface area contributed by atoms with Crippen LogP contribution in [0.2, 0.25) is 0 Å². The predicted molar refractivity (Wildman–Crippen MR) is 67.4 cm³/mol. The van der Waals surface area contributed by atoms with Gasteiger partial charge in [0, 0.05) is 12.1 Å². The lowest BCUT2D eigenvalue weighted by Gasteiger charge is -2.03. The molecule has 2 aromatic carbocycles. The van der Waals surface area contributed by atoms with Crippen LogP contribution in [0.4, 0.5) is 0 Å². The van der Waals surface area contributed by atoms with Crippen molar-refractivity contribution in [1.82, 2.24) is 0 Å². The van der Waals surface area contributed by atoms with Crippen LogP contribution in [-0.2, 0) is 6.42 Å². The molecular formula is C15H14IN. The average molecular weight is 335 g/mol. The molecule has 1 aromatic heterocycles. The van der Waals surface area contributed by atoms with Crippen molar-refractivity contribution in [2.75, 3.05) is 0 Å². The van der Waals surface area contributed by atoms with Crippen molar-refractivity contribution in [3.8, 4) is 0 Å². The molecule has 1 heterocycles. The van der Waals surface area contributed by atoms with Gasteiger partial charge in [0.15, 0.2) is 0 Å². The van der Waals surface area contributed by atoms with Crippen molar-refractivity contribution in [3.05, 3.63) is 54.1 Å². The van der Waals surface area contributed by atoms with Crippen molar-refractivity contribution in [2.24, 2.45) is 0 Å². The molecule has 1 N–H and O–H groups in total. The van der Waals surface area contributed by atoms with Crippen molar-refractivity contribution in [2.45, 2.75) is 13.3 Å². The molecule has 3 rings (SSSR count). The van der Waals surface area contributed by atoms with Crippen LogP contribution in [0.25, 0.3) is 21.8 Å². The zero-order chi connectivity index (χ0) is 11.0. The number of nitrogens with one attached hydrogen (secondary N) is 1. The van der Waals surface area contributed by atoms with E-state index in [4.69, 9.17) is 0 Å². The predicted octanol–water partition coefficient (Wildman–Crippen LogP) is 0.374. The van der Waals surface area contributed by atoms with Crippen LogP contribution in [0.1, 0.15) is 12.5 Å². The number of aromatic amines is 1. The molecule has 17 heavy (non-hydrogen) atoms. The van der Waals surface area contributed by atoms with Crippen molar-refractivity contribution in [1.29, 1.82) is 0 Å². The Morgan fingerprint density at radius 1 is 0.824 bits per heavy atom. The average Bonchev–Trinajstić information content (AvgIpc) is 2.36. The van der Waals surface area contributed by atoms with Gasteiger partial charge in [0.05, 0.1) is 10.8 Å². The first kappa shape index (κ1) is 12.3. The summed E-state index contributed by atoms with van der Waals surface area (Å²) in [6, 6.07) is 17.0. The quantitative estimate of drug-likeness (QED) is 0.451. The number of hydrogen-bond donors (Lipinski definition) is 0. The van der Waals surface area contributed by atoms with E-state index < -0.39 is 0 Å². The molecule has 0 radical (unpaired) electrons. The van der Waals surface area contributed by atoms with Crippen molar-refractivity contribution >= 4 is 21.8 Å². The molecule has 0 spiro atoms. The van der Waals surface area contributed by atoms with E-state index in [1.165, 1.54) is 27.4 Å². The SMILES string of the molecule is CCc1c2ccccc2[nH+]c2ccccc12.[I-]. The summed E-state index contributed by atoms with van der Waals surface area (Å²) in [5.41, 5.74) is 3.88. The van der Waals surface area contributed by atoms with E-state index in [9.17, 15) is 0 Å². The van der Waals surface area contributed by atoms with Crippen molar-refractivity contribution < 1.29 is 29.0 Å². The summed E-state index contributed by atoms with van der Waals surface area (Å²) in [6.07, 6.45) is 1.07. The van der Waals surface area contributed by atoms with Gasteiger partial charge in [0.2, 0.25) is 11.0 Å². The largest absolute Gasteiger partial charge is 1.00 e. The van der Waals surface area contributed by atoms with Gasteiger partial charge in [-0.05, 0) is 24.1 Å². The number of fused-ring (bicyclic) bond motifs is 2. The maximum atomic E-state index is 3.48. The molecule has 2 heteroatoms. The van der Waals surface area contributed by atoms with Gasteiger partial charge in [-0.1, -0.05) is 31.2 Å². The fraction of sp³-hybridized carbons (Fsp3) is 0.133. The Labute approximate surface area is 118 Å². The van der Waals surface area contributed by atoms with Gasteiger partial charge >= 0.3 is 0 Å². The minimum Gasteiger partial charge on any atom is -1.00 e. The summed E-state index contributed by atoms with van der Waals surface area (Å²) >= 11 is 0. The number of aryl methyl sites for hydroxylation is 1. The molecule has 0 aliphatic heterocycles. The van der Waals surface area contributed by atoms with Gasteiger partial charge in [0.25, 0.3) is 0 Å². The van der Waals surface area contributed by atoms with E-state index in [-0.39, 0.29) is 24.0 Å². The summed E-state index contributed by atoms with van der Waals surface area (Å²) in [7, 11) is 0. The normalized spacial score (nSPS) is 10.4. The molecule has 0 bridgehead atoms. The van der Waals surface area contributed by atoms with Crippen LogP contribution in [-0.4, -0.2) is 0 Å². The highest BCUT2D eigenvalue weighted by Crippen LogP contribution is 2.23. The third-order valence-electron chi connectivity index (χ3n) is 3.13. The van der Waals surface area contributed by atoms with Crippen LogP contribution >= 0.6 is 0 Å². The minimum atomic E-state index is 0. The molecule has 3 aromatic rings. The molecule has 1 nitrogen and oxygen atoms in total. The maximum Gasteiger partial charge on any atom is 0.211 e. The summed E-state index contributed by atoms with van der Waals surface area (Å²) in [4.78, 5) is 3.48. The number of aromatic nitrogens is 1. The molecule has 0 aliphatic rings. The van der Waals surface area contributed by atoms with Crippen LogP contribution in [0, 0.1) is 0 Å². The molecule has 0 aliphatic carbocycles. The standard InChI is InChI=1S/C15H13N.HI/c1-2-11-12-7-3-5-9-14(12)16-15-10-6-4-8-13(11)15;/h3-10H,2H2,1H3;1H. The van der Waals surface area contributed by atoms with Crippen LogP contribution in [0.15, 0.2) is 48.5 Å². The number of rotatable bonds is 1. The Morgan fingerprint density at radius 3 is 1.76 bits per heavy atom. The monoisotopic (exact) mass is 335 g/mol. The smallest absolute Gasteiger partial charge is 0.211 e. The molecular weight excluding hydrogens is 321 g/mol. The number of benzene rings is 2. The Kier molecular flexibility index (Phi) is 3.62. The Morgan fingerprint density at radius 2 is 1.29 bits per heavy atom. The van der Waals surface area contributed by atoms with E-state index in [1.54, 1.807) is 0 Å². The van der Waals surface area contributed by atoms with Gasteiger partial charge in [-0.15, -0.1) is 0 Å². The van der Waals surface area contributed by atoms with Crippen LogP contribution in [0.5, 0.6) is 0 Å². The van der Waals surface area contributed by atoms with Gasteiger partial charge in [-0.3, -0.25) is 0 Å². The number of hydrogen-bond acceptors (Lipinski definition) is 0. The Hall–Kier alpha value is -1.16. The highest BCUT2D eigenvalue weighted by Gasteiger charge is 2.10. The molecule has 0 unspecified atom stereocenters. The zero-order valence-electron chi connectivity index (χ0n) is 9.70. The maximum absolute atomic E-state index is 3.48. The molecule has 0 saturated carbocycles. The molecule has 0 saturated heterocycles. The first-order valence-electron chi connectivity index (χ1n) is 5.72. The first-order valence-corrected chi connectivity index (χ1v) is 5.72. The van der Waals surface area contributed by atoms with Crippen molar-refractivity contribution in [3.63, 3.8) is 0 Å². The lowest BCUT2D eigenvalue weighted by atomic mass is 10.0. The lowest BCUT2D eigenvalue weighted by Crippen LogP contribution is -3.00. The fourth-order valence-corrected chi connectivity index (χ4v) is 2.38. The van der Waals surface area contributed by atoms with Gasteiger partial charge in [-0.2, -0.15) is 0 Å². The van der Waals surface area contributed by atoms with Crippen LogP contribution < -0.4 is 29.0 Å². The zero-order valence-corrected chi connectivity index (χ0v) is 11.9. The summed E-state index contributed by atoms with van der Waals surface area (Å²) in [5, 5.41) is 2.67. The number of pyridine rings is 1. The number of halogens is 1. The Bertz CT molecular complexity index is 607.